The zero-order chi connectivity index (χ0) is 14.0. The molecule has 2 rings (SSSR count). The van der Waals surface area contributed by atoms with Crippen molar-refractivity contribution >= 4 is 11.6 Å². The largest absolute Gasteiger partial charge is 0.505 e. The quantitative estimate of drug-likeness (QED) is 0.717. The van der Waals surface area contributed by atoms with E-state index in [1.165, 1.54) is 0 Å². The summed E-state index contributed by atoms with van der Waals surface area (Å²) in [5.41, 5.74) is 6.60. The van der Waals surface area contributed by atoms with Crippen molar-refractivity contribution in [1.29, 1.82) is 0 Å². The predicted molar refractivity (Wildman–Crippen MR) is 76.0 cm³/mol. The van der Waals surface area contributed by atoms with Gasteiger partial charge in [-0.05, 0) is 37.3 Å². The molecule has 0 aliphatic heterocycles. The van der Waals surface area contributed by atoms with Crippen molar-refractivity contribution in [2.45, 2.75) is 45.1 Å². The van der Waals surface area contributed by atoms with Gasteiger partial charge in [0.05, 0.1) is 11.2 Å². The molecule has 1 amide bonds. The van der Waals surface area contributed by atoms with Crippen LogP contribution < -0.4 is 11.1 Å². The number of aryl methyl sites for hydroxylation is 1. The third-order valence-electron chi connectivity index (χ3n) is 3.97. The van der Waals surface area contributed by atoms with Crippen LogP contribution in [0.5, 0.6) is 5.75 Å². The SMILES string of the molecule is Cc1cccc(NC(=O)C2(N)CCCC(C)C2)c1O. The minimum Gasteiger partial charge on any atom is -0.505 e. The lowest BCUT2D eigenvalue weighted by Gasteiger charge is -2.35. The Kier molecular flexibility index (Phi) is 3.80. The van der Waals surface area contributed by atoms with E-state index in [2.05, 4.69) is 12.2 Å². The maximum absolute atomic E-state index is 12.4. The zero-order valence-corrected chi connectivity index (χ0v) is 11.6. The number of aromatic hydroxyl groups is 1. The van der Waals surface area contributed by atoms with Crippen molar-refractivity contribution in [3.8, 4) is 5.75 Å². The molecule has 1 aliphatic carbocycles. The number of carbonyl (C=O) groups excluding carboxylic acids is 1. The molecule has 1 saturated carbocycles. The summed E-state index contributed by atoms with van der Waals surface area (Å²) < 4.78 is 0. The number of phenols is 1. The number of phenolic OH excluding ortho intramolecular Hbond substituents is 1. The number of hydrogen-bond donors (Lipinski definition) is 3. The lowest BCUT2D eigenvalue weighted by molar-refractivity contribution is -0.122. The van der Waals surface area contributed by atoms with E-state index in [-0.39, 0.29) is 11.7 Å². The first-order valence-electron chi connectivity index (χ1n) is 6.81. The van der Waals surface area contributed by atoms with Crippen LogP contribution in [-0.2, 0) is 4.79 Å². The second-order valence-electron chi connectivity index (χ2n) is 5.78. The van der Waals surface area contributed by atoms with Crippen LogP contribution >= 0.6 is 0 Å². The number of amides is 1. The lowest BCUT2D eigenvalue weighted by Crippen LogP contribution is -2.53. The van der Waals surface area contributed by atoms with Gasteiger partial charge in [-0.1, -0.05) is 31.9 Å². The highest BCUT2D eigenvalue weighted by Crippen LogP contribution is 2.33. The second-order valence-corrected chi connectivity index (χ2v) is 5.78. The van der Waals surface area contributed by atoms with Gasteiger partial charge in [0.1, 0.15) is 5.75 Å². The average Bonchev–Trinajstić information content (AvgIpc) is 2.34. The van der Waals surface area contributed by atoms with Gasteiger partial charge >= 0.3 is 0 Å². The van der Waals surface area contributed by atoms with Crippen LogP contribution in [0, 0.1) is 12.8 Å². The molecule has 4 N–H and O–H groups in total. The van der Waals surface area contributed by atoms with Gasteiger partial charge in [-0.15, -0.1) is 0 Å². The standard InChI is InChI=1S/C15H22N2O2/c1-10-5-4-8-15(16,9-10)14(19)17-12-7-3-6-11(2)13(12)18/h3,6-7,10,18H,4-5,8-9,16H2,1-2H3,(H,17,19). The topological polar surface area (TPSA) is 75.4 Å². The van der Waals surface area contributed by atoms with Crippen LogP contribution in [-0.4, -0.2) is 16.6 Å². The number of carbonyl (C=O) groups is 1. The first-order valence-corrected chi connectivity index (χ1v) is 6.81. The molecule has 104 valence electrons. The third-order valence-corrected chi connectivity index (χ3v) is 3.97. The van der Waals surface area contributed by atoms with Gasteiger partial charge in [0, 0.05) is 0 Å². The molecular formula is C15H22N2O2. The maximum atomic E-state index is 12.4. The molecular weight excluding hydrogens is 240 g/mol. The van der Waals surface area contributed by atoms with Crippen molar-refractivity contribution in [1.82, 2.24) is 0 Å². The molecule has 2 atom stereocenters. The zero-order valence-electron chi connectivity index (χ0n) is 11.6. The molecule has 0 aromatic heterocycles. The smallest absolute Gasteiger partial charge is 0.244 e. The summed E-state index contributed by atoms with van der Waals surface area (Å²) in [6, 6.07) is 5.29. The Labute approximate surface area is 114 Å². The van der Waals surface area contributed by atoms with Crippen LogP contribution in [0.25, 0.3) is 0 Å². The van der Waals surface area contributed by atoms with Gasteiger partial charge in [-0.25, -0.2) is 0 Å². The van der Waals surface area contributed by atoms with E-state index in [0.29, 0.717) is 24.4 Å². The molecule has 4 nitrogen and oxygen atoms in total. The third kappa shape index (κ3) is 2.89. The second kappa shape index (κ2) is 5.21. The Morgan fingerprint density at radius 1 is 1.53 bits per heavy atom. The van der Waals surface area contributed by atoms with Gasteiger partial charge in [-0.2, -0.15) is 0 Å². The summed E-state index contributed by atoms with van der Waals surface area (Å²) in [5.74, 6) is 0.388. The Balaban J connectivity index is 2.14. The Morgan fingerprint density at radius 2 is 2.26 bits per heavy atom. The first kappa shape index (κ1) is 13.9. The lowest BCUT2D eigenvalue weighted by atomic mass is 9.76. The molecule has 1 aromatic rings. The molecule has 0 radical (unpaired) electrons. The van der Waals surface area contributed by atoms with E-state index in [4.69, 9.17) is 5.73 Å². The van der Waals surface area contributed by atoms with Crippen LogP contribution in [0.1, 0.15) is 38.2 Å². The van der Waals surface area contributed by atoms with Gasteiger partial charge in [0.15, 0.2) is 0 Å². The molecule has 4 heteroatoms. The summed E-state index contributed by atoms with van der Waals surface area (Å²) in [6.07, 6.45) is 3.51. The monoisotopic (exact) mass is 262 g/mol. The molecule has 1 fully saturated rings. The van der Waals surface area contributed by atoms with E-state index < -0.39 is 5.54 Å². The van der Waals surface area contributed by atoms with Crippen LogP contribution in [0.15, 0.2) is 18.2 Å². The molecule has 0 heterocycles. The van der Waals surface area contributed by atoms with Crippen molar-refractivity contribution in [2.24, 2.45) is 11.7 Å². The molecule has 1 aliphatic rings. The molecule has 0 spiro atoms. The number of nitrogens with one attached hydrogen (secondary N) is 1. The van der Waals surface area contributed by atoms with Gasteiger partial charge < -0.3 is 16.2 Å². The van der Waals surface area contributed by atoms with Gasteiger partial charge in [0.2, 0.25) is 5.91 Å². The Morgan fingerprint density at radius 3 is 2.95 bits per heavy atom. The van der Waals surface area contributed by atoms with Crippen molar-refractivity contribution in [2.75, 3.05) is 5.32 Å². The molecule has 0 bridgehead atoms. The fourth-order valence-corrected chi connectivity index (χ4v) is 2.80. The highest BCUT2D eigenvalue weighted by atomic mass is 16.3. The minimum atomic E-state index is -0.812. The van der Waals surface area contributed by atoms with E-state index in [1.807, 2.05) is 0 Å². The normalized spacial score (nSPS) is 27.0. The number of anilines is 1. The van der Waals surface area contributed by atoms with E-state index in [0.717, 1.165) is 18.4 Å². The van der Waals surface area contributed by atoms with Crippen LogP contribution in [0.3, 0.4) is 0 Å². The van der Waals surface area contributed by atoms with E-state index in [9.17, 15) is 9.90 Å². The predicted octanol–water partition coefficient (Wildman–Crippen LogP) is 2.55. The van der Waals surface area contributed by atoms with E-state index >= 15 is 0 Å². The number of rotatable bonds is 2. The van der Waals surface area contributed by atoms with Crippen molar-refractivity contribution in [3.05, 3.63) is 23.8 Å². The number of nitrogens with two attached hydrogens (primary N) is 1. The van der Waals surface area contributed by atoms with Crippen molar-refractivity contribution in [3.63, 3.8) is 0 Å². The number of para-hydroxylation sites is 1. The van der Waals surface area contributed by atoms with Crippen LogP contribution in [0.2, 0.25) is 0 Å². The fraction of sp³-hybridized carbons (Fsp3) is 0.533. The van der Waals surface area contributed by atoms with E-state index in [1.54, 1.807) is 25.1 Å². The summed E-state index contributed by atoms with van der Waals surface area (Å²) in [5, 5.41) is 12.7. The Bertz CT molecular complexity index is 487. The molecule has 1 aromatic carbocycles. The minimum absolute atomic E-state index is 0.114. The summed E-state index contributed by atoms with van der Waals surface area (Å²) in [4.78, 5) is 12.4. The van der Waals surface area contributed by atoms with Crippen LogP contribution in [0.4, 0.5) is 5.69 Å². The maximum Gasteiger partial charge on any atom is 0.244 e. The molecule has 19 heavy (non-hydrogen) atoms. The Hall–Kier alpha value is -1.55. The van der Waals surface area contributed by atoms with Gasteiger partial charge in [-0.3, -0.25) is 4.79 Å². The summed E-state index contributed by atoms with van der Waals surface area (Å²) >= 11 is 0. The summed E-state index contributed by atoms with van der Waals surface area (Å²) in [7, 11) is 0. The average molecular weight is 262 g/mol. The molecule has 2 unspecified atom stereocenters. The fourth-order valence-electron chi connectivity index (χ4n) is 2.80. The molecule has 0 saturated heterocycles. The van der Waals surface area contributed by atoms with Crippen molar-refractivity contribution < 1.29 is 9.90 Å². The number of benzene rings is 1. The van der Waals surface area contributed by atoms with Gasteiger partial charge in [0.25, 0.3) is 0 Å². The highest BCUT2D eigenvalue weighted by Gasteiger charge is 2.38. The number of hydrogen-bond acceptors (Lipinski definition) is 3. The summed E-state index contributed by atoms with van der Waals surface area (Å²) in [6.45, 7) is 3.92. The highest BCUT2D eigenvalue weighted by molar-refractivity contribution is 5.99. The first-order chi connectivity index (χ1) is 8.92.